The van der Waals surface area contributed by atoms with Crippen LogP contribution in [0.1, 0.15) is 49.4 Å². The van der Waals surface area contributed by atoms with Crippen molar-refractivity contribution in [3.05, 3.63) is 47.7 Å². The number of rotatable bonds is 6. The molecule has 2 N–H and O–H groups in total. The molecule has 2 atom stereocenters. The molecule has 0 fully saturated rings. The molecule has 9 heteroatoms. The number of aromatic nitrogens is 3. The highest BCUT2D eigenvalue weighted by molar-refractivity contribution is 5.91. The van der Waals surface area contributed by atoms with E-state index in [1.54, 1.807) is 12.3 Å². The van der Waals surface area contributed by atoms with Crippen LogP contribution in [0.15, 0.2) is 36.0 Å². The number of halogens is 4. The average Bonchev–Trinajstić information content (AvgIpc) is 3.27. The van der Waals surface area contributed by atoms with Crippen molar-refractivity contribution >= 4 is 5.71 Å². The molecule has 0 aliphatic carbocycles. The third-order valence-corrected chi connectivity index (χ3v) is 4.84. The summed E-state index contributed by atoms with van der Waals surface area (Å²) in [7, 11) is 0. The zero-order valence-electron chi connectivity index (χ0n) is 15.5. The van der Waals surface area contributed by atoms with Crippen LogP contribution in [0, 0.1) is 0 Å². The molecule has 2 aromatic rings. The predicted molar refractivity (Wildman–Crippen MR) is 98.5 cm³/mol. The molecule has 0 saturated heterocycles. The Bertz CT molecular complexity index is 885. The molecule has 0 spiro atoms. The maximum Gasteiger partial charge on any atom is 0.433 e. The van der Waals surface area contributed by atoms with Gasteiger partial charge in [-0.15, -0.1) is 0 Å². The van der Waals surface area contributed by atoms with Gasteiger partial charge in [0.2, 0.25) is 0 Å². The SMILES string of the molecule is CCCCc1cc(-c2cn[nH]c2C(F)(F)F)ncc1C1C(C)=NNC1/C=C/F. The van der Waals surface area contributed by atoms with Gasteiger partial charge in [-0.2, -0.15) is 23.4 Å². The Morgan fingerprint density at radius 1 is 1.25 bits per heavy atom. The number of aromatic amines is 1. The zero-order valence-corrected chi connectivity index (χ0v) is 15.5. The molecule has 1 aliphatic heterocycles. The number of nitrogens with zero attached hydrogens (tertiary/aromatic N) is 3. The summed E-state index contributed by atoms with van der Waals surface area (Å²) in [5.74, 6) is -0.230. The number of hydrazone groups is 1. The van der Waals surface area contributed by atoms with E-state index in [2.05, 4.69) is 20.6 Å². The summed E-state index contributed by atoms with van der Waals surface area (Å²) in [6.07, 6.45) is 2.47. The van der Waals surface area contributed by atoms with Crippen LogP contribution in [0.3, 0.4) is 0 Å². The first-order valence-electron chi connectivity index (χ1n) is 9.03. The van der Waals surface area contributed by atoms with Gasteiger partial charge in [0.1, 0.15) is 5.69 Å². The fraction of sp³-hybridized carbons (Fsp3) is 0.421. The number of alkyl halides is 3. The number of hydrogen-bond acceptors (Lipinski definition) is 4. The molecule has 3 rings (SSSR count). The van der Waals surface area contributed by atoms with E-state index in [9.17, 15) is 17.6 Å². The number of pyridine rings is 1. The summed E-state index contributed by atoms with van der Waals surface area (Å²) in [6.45, 7) is 3.87. The lowest BCUT2D eigenvalue weighted by molar-refractivity contribution is -0.140. The van der Waals surface area contributed by atoms with E-state index in [1.807, 2.05) is 18.9 Å². The smallest absolute Gasteiger partial charge is 0.302 e. The van der Waals surface area contributed by atoms with E-state index in [0.717, 1.165) is 35.9 Å². The van der Waals surface area contributed by atoms with Crippen molar-refractivity contribution in [1.82, 2.24) is 20.6 Å². The van der Waals surface area contributed by atoms with Crippen molar-refractivity contribution in [2.24, 2.45) is 5.10 Å². The molecule has 0 bridgehead atoms. The van der Waals surface area contributed by atoms with Crippen LogP contribution in [0.2, 0.25) is 0 Å². The predicted octanol–water partition coefficient (Wildman–Crippen LogP) is 4.75. The maximum atomic E-state index is 13.2. The Labute approximate surface area is 160 Å². The molecule has 0 saturated carbocycles. The van der Waals surface area contributed by atoms with Crippen LogP contribution in [0.25, 0.3) is 11.3 Å². The lowest BCUT2D eigenvalue weighted by atomic mass is 9.85. The monoisotopic (exact) mass is 395 g/mol. The van der Waals surface area contributed by atoms with Gasteiger partial charge in [0, 0.05) is 11.9 Å². The zero-order chi connectivity index (χ0) is 20.3. The summed E-state index contributed by atoms with van der Waals surface area (Å²) in [6, 6.07) is 1.31. The van der Waals surface area contributed by atoms with Crippen LogP contribution in [0.4, 0.5) is 17.6 Å². The second-order valence-electron chi connectivity index (χ2n) is 6.73. The first kappa shape index (κ1) is 20.0. The Balaban J connectivity index is 2.06. The van der Waals surface area contributed by atoms with Crippen LogP contribution >= 0.6 is 0 Å². The second-order valence-corrected chi connectivity index (χ2v) is 6.73. The van der Waals surface area contributed by atoms with Gasteiger partial charge in [-0.25, -0.2) is 4.39 Å². The topological polar surface area (TPSA) is 66.0 Å². The van der Waals surface area contributed by atoms with E-state index < -0.39 is 11.9 Å². The van der Waals surface area contributed by atoms with Crippen LogP contribution in [0.5, 0.6) is 0 Å². The molecule has 0 aromatic carbocycles. The largest absolute Gasteiger partial charge is 0.433 e. The van der Waals surface area contributed by atoms with Crippen molar-refractivity contribution in [2.75, 3.05) is 0 Å². The minimum atomic E-state index is -4.55. The summed E-state index contributed by atoms with van der Waals surface area (Å²) in [5, 5.41) is 9.74. The van der Waals surface area contributed by atoms with E-state index in [0.29, 0.717) is 12.8 Å². The Morgan fingerprint density at radius 2 is 2.04 bits per heavy atom. The minimum absolute atomic E-state index is 0.0908. The molecular formula is C19H21F4N5. The highest BCUT2D eigenvalue weighted by Crippen LogP contribution is 2.36. The third-order valence-electron chi connectivity index (χ3n) is 4.84. The normalized spacial score (nSPS) is 19.9. The summed E-state index contributed by atoms with van der Waals surface area (Å²) >= 11 is 0. The van der Waals surface area contributed by atoms with E-state index in [-0.39, 0.29) is 23.2 Å². The molecule has 0 radical (unpaired) electrons. The fourth-order valence-corrected chi connectivity index (χ4v) is 3.45. The Morgan fingerprint density at radius 3 is 2.71 bits per heavy atom. The van der Waals surface area contributed by atoms with Gasteiger partial charge in [0.05, 0.1) is 35.7 Å². The van der Waals surface area contributed by atoms with E-state index in [4.69, 9.17) is 0 Å². The summed E-state index contributed by atoms with van der Waals surface area (Å²) in [4.78, 5) is 4.28. The van der Waals surface area contributed by atoms with Crippen LogP contribution < -0.4 is 5.43 Å². The number of H-pyrrole nitrogens is 1. The van der Waals surface area contributed by atoms with Crippen molar-refractivity contribution in [3.8, 4) is 11.3 Å². The van der Waals surface area contributed by atoms with Gasteiger partial charge < -0.3 is 5.43 Å². The number of hydrogen-bond donors (Lipinski definition) is 2. The molecule has 5 nitrogen and oxygen atoms in total. The van der Waals surface area contributed by atoms with Crippen LogP contribution in [-0.4, -0.2) is 26.9 Å². The fourth-order valence-electron chi connectivity index (χ4n) is 3.45. The molecule has 3 heterocycles. The Hall–Kier alpha value is -2.71. The van der Waals surface area contributed by atoms with E-state index in [1.165, 1.54) is 6.08 Å². The van der Waals surface area contributed by atoms with Gasteiger partial charge >= 0.3 is 6.18 Å². The lowest BCUT2D eigenvalue weighted by Crippen LogP contribution is -2.26. The number of nitrogens with one attached hydrogen (secondary N) is 2. The van der Waals surface area contributed by atoms with Gasteiger partial charge in [-0.1, -0.05) is 13.3 Å². The molecule has 1 aliphatic rings. The first-order chi connectivity index (χ1) is 13.4. The average molecular weight is 395 g/mol. The Kier molecular flexibility index (Phi) is 5.81. The maximum absolute atomic E-state index is 13.2. The molecule has 2 unspecified atom stereocenters. The first-order valence-corrected chi connectivity index (χ1v) is 9.03. The molecule has 28 heavy (non-hydrogen) atoms. The molecule has 150 valence electrons. The second kappa shape index (κ2) is 8.12. The number of aryl methyl sites for hydroxylation is 1. The molecule has 2 aromatic heterocycles. The summed E-state index contributed by atoms with van der Waals surface area (Å²) in [5.41, 5.74) is 4.55. The highest BCUT2D eigenvalue weighted by atomic mass is 19.4. The van der Waals surface area contributed by atoms with Crippen molar-refractivity contribution in [2.45, 2.75) is 51.2 Å². The van der Waals surface area contributed by atoms with Gasteiger partial charge in [-0.05, 0) is 43.0 Å². The molecule has 0 amide bonds. The van der Waals surface area contributed by atoms with Crippen molar-refractivity contribution < 1.29 is 17.6 Å². The number of unbranched alkanes of at least 4 members (excludes halogenated alkanes) is 1. The summed E-state index contributed by atoms with van der Waals surface area (Å²) < 4.78 is 52.4. The van der Waals surface area contributed by atoms with Gasteiger partial charge in [0.25, 0.3) is 0 Å². The lowest BCUT2D eigenvalue weighted by Gasteiger charge is -2.21. The minimum Gasteiger partial charge on any atom is -0.302 e. The van der Waals surface area contributed by atoms with Crippen molar-refractivity contribution in [3.63, 3.8) is 0 Å². The standard InChI is InChI=1S/C19H21F4N5/c1-3-4-5-12-8-16(14-10-25-28-18(14)19(21,22)23)24-9-13(12)17-11(2)26-27-15(17)6-7-20/h6-10,15,17,27H,3-5H2,1-2H3,(H,25,28)/b7-6+. The van der Waals surface area contributed by atoms with Gasteiger partial charge in [-0.3, -0.25) is 10.1 Å². The highest BCUT2D eigenvalue weighted by Gasteiger charge is 2.37. The van der Waals surface area contributed by atoms with E-state index >= 15 is 0 Å². The van der Waals surface area contributed by atoms with Crippen molar-refractivity contribution in [1.29, 1.82) is 0 Å². The quantitative estimate of drug-likeness (QED) is 0.694. The third kappa shape index (κ3) is 3.93. The van der Waals surface area contributed by atoms with Crippen LogP contribution in [-0.2, 0) is 12.6 Å². The molecular weight excluding hydrogens is 374 g/mol. The van der Waals surface area contributed by atoms with Gasteiger partial charge in [0.15, 0.2) is 0 Å².